The summed E-state index contributed by atoms with van der Waals surface area (Å²) in [5.41, 5.74) is -0.869. The SMILES string of the molecule is CC(=O)c1c(O)c(O[C@@H]2O[C@H](CO)[C@@H](O)[C@H](O)[C@H]2O)c(O)c(O[C@@H]2O[C@H](CO)[C@@H](O)[C@H](O)[C@H]2O)c1O. The highest BCUT2D eigenvalue weighted by atomic mass is 16.7. The van der Waals surface area contributed by atoms with E-state index in [2.05, 4.69) is 0 Å². The first-order chi connectivity index (χ1) is 16.8. The fourth-order valence-corrected chi connectivity index (χ4v) is 3.79. The Labute approximate surface area is 202 Å². The highest BCUT2D eigenvalue weighted by Crippen LogP contribution is 2.53. The van der Waals surface area contributed by atoms with Gasteiger partial charge in [0.15, 0.2) is 17.3 Å². The van der Waals surface area contributed by atoms with Gasteiger partial charge in [-0.15, -0.1) is 0 Å². The van der Waals surface area contributed by atoms with E-state index in [1.54, 1.807) is 0 Å². The van der Waals surface area contributed by atoms with Crippen LogP contribution in [0.25, 0.3) is 0 Å². The third-order valence-corrected chi connectivity index (χ3v) is 5.85. The maximum absolute atomic E-state index is 12.1. The molecule has 16 nitrogen and oxygen atoms in total. The molecular weight excluding hydrogens is 496 g/mol. The Hall–Kier alpha value is -2.51. The predicted molar refractivity (Wildman–Crippen MR) is 110 cm³/mol. The molecule has 0 saturated carbocycles. The predicted octanol–water partition coefficient (Wildman–Crippen LogP) is -4.64. The van der Waals surface area contributed by atoms with Crippen molar-refractivity contribution in [3.8, 4) is 28.7 Å². The van der Waals surface area contributed by atoms with Crippen molar-refractivity contribution in [1.29, 1.82) is 0 Å². The lowest BCUT2D eigenvalue weighted by molar-refractivity contribution is -0.279. The third-order valence-electron chi connectivity index (χ3n) is 5.85. The molecular formula is C20H28O16. The van der Waals surface area contributed by atoms with Crippen LogP contribution in [0.15, 0.2) is 0 Å². The molecule has 0 aliphatic carbocycles. The number of benzene rings is 1. The molecule has 0 unspecified atom stereocenters. The summed E-state index contributed by atoms with van der Waals surface area (Å²) in [6.45, 7) is -0.758. The number of phenolic OH excluding ortho intramolecular Hbond substituents is 3. The average molecular weight is 524 g/mol. The number of aliphatic hydroxyl groups is 8. The van der Waals surface area contributed by atoms with Gasteiger partial charge in [0.1, 0.15) is 54.4 Å². The van der Waals surface area contributed by atoms with Crippen molar-refractivity contribution in [3.05, 3.63) is 5.56 Å². The summed E-state index contributed by atoms with van der Waals surface area (Å²) in [5.74, 6) is -6.58. The van der Waals surface area contributed by atoms with Crippen LogP contribution in [0.1, 0.15) is 17.3 Å². The van der Waals surface area contributed by atoms with Gasteiger partial charge in [-0.3, -0.25) is 4.79 Å². The zero-order chi connectivity index (χ0) is 27.1. The van der Waals surface area contributed by atoms with Gasteiger partial charge in [-0.05, 0) is 6.92 Å². The molecule has 16 heteroatoms. The van der Waals surface area contributed by atoms with Crippen LogP contribution in [-0.2, 0) is 9.47 Å². The largest absolute Gasteiger partial charge is 0.504 e. The summed E-state index contributed by atoms with van der Waals surface area (Å²) in [7, 11) is 0. The highest BCUT2D eigenvalue weighted by Gasteiger charge is 2.47. The van der Waals surface area contributed by atoms with Gasteiger partial charge >= 0.3 is 0 Å². The summed E-state index contributed by atoms with van der Waals surface area (Å²) in [6.07, 6.45) is -18.1. The second-order valence-corrected chi connectivity index (χ2v) is 8.27. The maximum atomic E-state index is 12.1. The molecule has 0 radical (unpaired) electrons. The smallest absolute Gasteiger partial charge is 0.229 e. The standard InChI is InChI=1S/C20H28O16/c1-4(23)7-10(26)17(35-19-14(30)12(28)8(24)5(2-21)33-19)16(32)18(11(7)27)36-20-15(31)13(29)9(25)6(3-22)34-20/h5-6,8-9,12-15,19-22,24-32H,2-3H2,1H3/t5-,6-,8-,9-,12+,13+,14-,15-,19+,20+/m1/s1. The van der Waals surface area contributed by atoms with Crippen molar-refractivity contribution in [2.75, 3.05) is 13.2 Å². The van der Waals surface area contributed by atoms with E-state index in [9.17, 15) is 61.0 Å². The number of Topliss-reactive ketones (excluding diaryl/α,β-unsaturated/α-hetero) is 1. The van der Waals surface area contributed by atoms with Crippen LogP contribution < -0.4 is 9.47 Å². The minimum atomic E-state index is -1.99. The van der Waals surface area contributed by atoms with Gasteiger partial charge in [0.05, 0.1) is 13.2 Å². The quantitative estimate of drug-likeness (QED) is 0.150. The molecule has 2 aliphatic rings. The van der Waals surface area contributed by atoms with E-state index in [4.69, 9.17) is 18.9 Å². The van der Waals surface area contributed by atoms with E-state index in [1.165, 1.54) is 0 Å². The number of ether oxygens (including phenoxy) is 4. The maximum Gasteiger partial charge on any atom is 0.229 e. The van der Waals surface area contributed by atoms with E-state index >= 15 is 0 Å². The summed E-state index contributed by atoms with van der Waals surface area (Å²) >= 11 is 0. The molecule has 10 atom stereocenters. The Kier molecular flexibility index (Phi) is 8.46. The number of carbonyl (C=O) groups excluding carboxylic acids is 1. The van der Waals surface area contributed by atoms with Crippen LogP contribution >= 0.6 is 0 Å². The number of hydrogen-bond acceptors (Lipinski definition) is 16. The second kappa shape index (κ2) is 10.9. The van der Waals surface area contributed by atoms with Crippen LogP contribution in [0, 0.1) is 0 Å². The third kappa shape index (κ3) is 4.88. The first kappa shape index (κ1) is 28.1. The van der Waals surface area contributed by atoms with Gasteiger partial charge in [-0.25, -0.2) is 0 Å². The molecule has 0 bridgehead atoms. The Morgan fingerprint density at radius 1 is 0.667 bits per heavy atom. The Morgan fingerprint density at radius 2 is 1.03 bits per heavy atom. The minimum Gasteiger partial charge on any atom is -0.504 e. The molecule has 1 aromatic carbocycles. The molecule has 0 spiro atoms. The molecule has 204 valence electrons. The molecule has 36 heavy (non-hydrogen) atoms. The van der Waals surface area contributed by atoms with Gasteiger partial charge < -0.3 is 75.1 Å². The first-order valence-corrected chi connectivity index (χ1v) is 10.6. The van der Waals surface area contributed by atoms with Crippen LogP contribution in [0.5, 0.6) is 28.7 Å². The molecule has 2 fully saturated rings. The summed E-state index contributed by atoms with van der Waals surface area (Å²) < 4.78 is 20.7. The van der Waals surface area contributed by atoms with Crippen LogP contribution in [0.4, 0.5) is 0 Å². The van der Waals surface area contributed by atoms with Gasteiger partial charge in [0.2, 0.25) is 29.8 Å². The molecule has 0 aromatic heterocycles. The van der Waals surface area contributed by atoms with Gasteiger partial charge in [0, 0.05) is 0 Å². The summed E-state index contributed by atoms with van der Waals surface area (Å²) in [4.78, 5) is 12.1. The molecule has 2 aliphatic heterocycles. The highest BCUT2D eigenvalue weighted by molar-refractivity contribution is 6.02. The number of phenols is 3. The van der Waals surface area contributed by atoms with Gasteiger partial charge in [-0.2, -0.15) is 0 Å². The number of ketones is 1. The van der Waals surface area contributed by atoms with Crippen molar-refractivity contribution in [2.24, 2.45) is 0 Å². The van der Waals surface area contributed by atoms with E-state index < -0.39 is 115 Å². The van der Waals surface area contributed by atoms with Crippen molar-refractivity contribution in [2.45, 2.75) is 68.3 Å². The normalized spacial score (nSPS) is 36.9. The molecule has 2 heterocycles. The topological polar surface area (TPSA) is 277 Å². The molecule has 1 aromatic rings. The molecule has 3 rings (SSSR count). The van der Waals surface area contributed by atoms with Gasteiger partial charge in [-0.1, -0.05) is 0 Å². The number of rotatable bonds is 7. The van der Waals surface area contributed by atoms with E-state index in [1.807, 2.05) is 0 Å². The van der Waals surface area contributed by atoms with Crippen LogP contribution in [0.3, 0.4) is 0 Å². The van der Waals surface area contributed by atoms with Crippen LogP contribution in [-0.4, -0.2) is 137 Å². The average Bonchev–Trinajstić information content (AvgIpc) is 2.83. The van der Waals surface area contributed by atoms with E-state index in [-0.39, 0.29) is 0 Å². The van der Waals surface area contributed by atoms with Crippen molar-refractivity contribution < 1.29 is 79.9 Å². The zero-order valence-corrected chi connectivity index (χ0v) is 18.6. The number of carbonyl (C=O) groups is 1. The Morgan fingerprint density at radius 3 is 1.33 bits per heavy atom. The number of hydrogen-bond donors (Lipinski definition) is 11. The fraction of sp³-hybridized carbons (Fsp3) is 0.650. The van der Waals surface area contributed by atoms with Gasteiger partial charge in [0.25, 0.3) is 0 Å². The second-order valence-electron chi connectivity index (χ2n) is 8.27. The minimum absolute atomic E-state index is 0.831. The van der Waals surface area contributed by atoms with E-state index in [0.717, 1.165) is 6.92 Å². The zero-order valence-electron chi connectivity index (χ0n) is 18.6. The van der Waals surface area contributed by atoms with E-state index in [0.29, 0.717) is 0 Å². The molecule has 2 saturated heterocycles. The summed E-state index contributed by atoms with van der Waals surface area (Å²) in [5, 5.41) is 110. The molecule has 11 N–H and O–H groups in total. The fourth-order valence-electron chi connectivity index (χ4n) is 3.79. The lowest BCUT2D eigenvalue weighted by Gasteiger charge is -2.40. The first-order valence-electron chi connectivity index (χ1n) is 10.6. The number of aromatic hydroxyl groups is 3. The Balaban J connectivity index is 2.03. The lowest BCUT2D eigenvalue weighted by atomic mass is 9.99. The van der Waals surface area contributed by atoms with Crippen molar-refractivity contribution >= 4 is 5.78 Å². The molecule has 0 amide bonds. The Bertz CT molecular complexity index is 885. The lowest BCUT2D eigenvalue weighted by Crippen LogP contribution is -2.60. The monoisotopic (exact) mass is 524 g/mol. The van der Waals surface area contributed by atoms with Crippen LogP contribution in [0.2, 0.25) is 0 Å². The number of aliphatic hydroxyl groups excluding tert-OH is 8. The van der Waals surface area contributed by atoms with Crippen molar-refractivity contribution in [1.82, 2.24) is 0 Å². The summed E-state index contributed by atoms with van der Waals surface area (Å²) in [6, 6.07) is 0. The van der Waals surface area contributed by atoms with Crippen molar-refractivity contribution in [3.63, 3.8) is 0 Å².